The van der Waals surface area contributed by atoms with Crippen LogP contribution in [0.2, 0.25) is 0 Å². The molecule has 0 aromatic carbocycles. The predicted octanol–water partition coefficient (Wildman–Crippen LogP) is 3.49. The summed E-state index contributed by atoms with van der Waals surface area (Å²) in [7, 11) is 0. The highest BCUT2D eigenvalue weighted by atomic mass is 127. The largest absolute Gasteiger partial charge is 0.370 e. The van der Waals surface area contributed by atoms with Crippen LogP contribution in [0.25, 0.3) is 0 Å². The quantitative estimate of drug-likeness (QED) is 0.336. The Labute approximate surface area is 144 Å². The summed E-state index contributed by atoms with van der Waals surface area (Å²) in [5, 5.41) is 0. The Balaban J connectivity index is 0.00000200. The fourth-order valence-corrected chi connectivity index (χ4v) is 3.63. The fourth-order valence-electron chi connectivity index (χ4n) is 2.73. The molecule has 1 saturated heterocycles. The third-order valence-electron chi connectivity index (χ3n) is 4.13. The maximum absolute atomic E-state index is 6.13. The molecule has 0 spiro atoms. The summed E-state index contributed by atoms with van der Waals surface area (Å²) in [6.45, 7) is 7.50. The van der Waals surface area contributed by atoms with E-state index in [1.165, 1.54) is 37.2 Å². The number of hydrogen-bond donors (Lipinski definition) is 1. The van der Waals surface area contributed by atoms with Crippen molar-refractivity contribution in [2.24, 2.45) is 16.1 Å². The van der Waals surface area contributed by atoms with Crippen LogP contribution in [0.1, 0.15) is 39.5 Å². The van der Waals surface area contributed by atoms with Crippen molar-refractivity contribution in [3.63, 3.8) is 0 Å². The minimum Gasteiger partial charge on any atom is -0.370 e. The normalized spacial score (nSPS) is 21.2. The van der Waals surface area contributed by atoms with Gasteiger partial charge in [-0.15, -0.1) is 24.0 Å². The average molecular weight is 409 g/mol. The molecular weight excluding hydrogens is 381 g/mol. The van der Waals surface area contributed by atoms with Crippen LogP contribution in [-0.4, -0.2) is 42.0 Å². The van der Waals surface area contributed by atoms with Crippen LogP contribution in [0.15, 0.2) is 16.6 Å². The van der Waals surface area contributed by atoms with Gasteiger partial charge in [0.1, 0.15) is 0 Å². The van der Waals surface area contributed by atoms with E-state index in [0.29, 0.717) is 0 Å². The van der Waals surface area contributed by atoms with Gasteiger partial charge in [0.25, 0.3) is 0 Å². The van der Waals surface area contributed by atoms with Crippen molar-refractivity contribution in [3.8, 4) is 0 Å². The van der Waals surface area contributed by atoms with Crippen molar-refractivity contribution < 1.29 is 0 Å². The first-order chi connectivity index (χ1) is 9.09. The molecule has 5 heteroatoms. The Morgan fingerprint density at radius 2 is 2.05 bits per heavy atom. The lowest BCUT2D eigenvalue weighted by atomic mass is 9.78. The van der Waals surface area contributed by atoms with Crippen molar-refractivity contribution in [3.05, 3.63) is 11.6 Å². The Kier molecular flexibility index (Phi) is 7.72. The molecule has 0 bridgehead atoms. The highest BCUT2D eigenvalue weighted by molar-refractivity contribution is 14.0. The van der Waals surface area contributed by atoms with Crippen molar-refractivity contribution in [1.29, 1.82) is 0 Å². The second-order valence-corrected chi connectivity index (χ2v) is 7.36. The molecule has 0 atom stereocenters. The summed E-state index contributed by atoms with van der Waals surface area (Å²) < 4.78 is 0. The summed E-state index contributed by atoms with van der Waals surface area (Å²) in [5.74, 6) is 3.08. The molecule has 20 heavy (non-hydrogen) atoms. The Bertz CT molecular complexity index is 360. The zero-order valence-corrected chi connectivity index (χ0v) is 15.9. The standard InChI is InChI=1S/C15H27N3S.HI/c1-15(2,13-6-4-3-5-7-13)12-17-14(16)18-8-10-19-11-9-18;/h6H,3-5,7-12H2,1-2H3,(H2,16,17);1H. The number of hydrogen-bond acceptors (Lipinski definition) is 2. The number of nitrogens with two attached hydrogens (primary N) is 1. The van der Waals surface area contributed by atoms with Gasteiger partial charge in [-0.25, -0.2) is 0 Å². The molecule has 0 unspecified atom stereocenters. The molecule has 3 nitrogen and oxygen atoms in total. The smallest absolute Gasteiger partial charge is 0.191 e. The second kappa shape index (κ2) is 8.51. The molecule has 0 aromatic heterocycles. The van der Waals surface area contributed by atoms with E-state index in [1.54, 1.807) is 5.57 Å². The fraction of sp³-hybridized carbons (Fsp3) is 0.800. The average Bonchev–Trinajstić information content (AvgIpc) is 2.47. The van der Waals surface area contributed by atoms with E-state index in [0.717, 1.165) is 25.6 Å². The second-order valence-electron chi connectivity index (χ2n) is 6.13. The molecule has 0 aromatic rings. The van der Waals surface area contributed by atoms with E-state index < -0.39 is 0 Å². The third-order valence-corrected chi connectivity index (χ3v) is 5.07. The topological polar surface area (TPSA) is 41.6 Å². The van der Waals surface area contributed by atoms with Crippen molar-refractivity contribution in [2.45, 2.75) is 39.5 Å². The Hall–Kier alpha value is 0.0900. The van der Waals surface area contributed by atoms with Crippen LogP contribution in [0.5, 0.6) is 0 Å². The maximum Gasteiger partial charge on any atom is 0.191 e. The summed E-state index contributed by atoms with van der Waals surface area (Å²) in [6, 6.07) is 0. The van der Waals surface area contributed by atoms with Gasteiger partial charge in [0.05, 0.1) is 6.54 Å². The van der Waals surface area contributed by atoms with Crippen LogP contribution in [0.4, 0.5) is 0 Å². The molecule has 2 N–H and O–H groups in total. The highest BCUT2D eigenvalue weighted by Gasteiger charge is 2.24. The minimum atomic E-state index is 0. The minimum absolute atomic E-state index is 0. The van der Waals surface area contributed by atoms with Crippen LogP contribution in [0, 0.1) is 5.41 Å². The molecule has 0 saturated carbocycles. The lowest BCUT2D eigenvalue weighted by Gasteiger charge is -2.31. The van der Waals surface area contributed by atoms with Crippen molar-refractivity contribution in [1.82, 2.24) is 4.90 Å². The first-order valence-electron chi connectivity index (χ1n) is 7.42. The zero-order valence-electron chi connectivity index (χ0n) is 12.7. The maximum atomic E-state index is 6.13. The van der Waals surface area contributed by atoms with Crippen molar-refractivity contribution >= 4 is 41.7 Å². The van der Waals surface area contributed by atoms with E-state index in [4.69, 9.17) is 5.73 Å². The number of nitrogens with zero attached hydrogens (tertiary/aromatic N) is 2. The van der Waals surface area contributed by atoms with Gasteiger partial charge in [-0.1, -0.05) is 25.5 Å². The van der Waals surface area contributed by atoms with Gasteiger partial charge in [0, 0.05) is 30.0 Å². The summed E-state index contributed by atoms with van der Waals surface area (Å²) in [5.41, 5.74) is 7.87. The summed E-state index contributed by atoms with van der Waals surface area (Å²) in [4.78, 5) is 6.89. The van der Waals surface area contributed by atoms with Gasteiger partial charge in [-0.05, 0) is 25.7 Å². The first-order valence-corrected chi connectivity index (χ1v) is 8.57. The molecule has 2 aliphatic rings. The van der Waals surface area contributed by atoms with Crippen molar-refractivity contribution in [2.75, 3.05) is 31.1 Å². The van der Waals surface area contributed by atoms with Gasteiger partial charge in [0.15, 0.2) is 5.96 Å². The molecule has 1 aliphatic heterocycles. The molecule has 1 heterocycles. The molecule has 1 fully saturated rings. The first kappa shape index (κ1) is 18.1. The van der Waals surface area contributed by atoms with Crippen LogP contribution in [0.3, 0.4) is 0 Å². The van der Waals surface area contributed by atoms with Gasteiger partial charge in [0.2, 0.25) is 0 Å². The SMILES string of the molecule is CC(C)(CN=C(N)N1CCSCC1)C1=CCCCC1.I. The van der Waals surface area contributed by atoms with E-state index in [9.17, 15) is 0 Å². The number of rotatable bonds is 3. The number of halogens is 1. The van der Waals surface area contributed by atoms with Crippen LogP contribution >= 0.6 is 35.7 Å². The van der Waals surface area contributed by atoms with Crippen LogP contribution in [-0.2, 0) is 0 Å². The van der Waals surface area contributed by atoms with E-state index in [1.807, 2.05) is 11.8 Å². The molecule has 0 amide bonds. The predicted molar refractivity (Wildman–Crippen MR) is 101 cm³/mol. The third kappa shape index (κ3) is 5.13. The molecule has 1 aliphatic carbocycles. The number of guanidine groups is 1. The number of aliphatic imine (C=N–C) groups is 1. The Morgan fingerprint density at radius 3 is 2.65 bits per heavy atom. The van der Waals surface area contributed by atoms with E-state index in [2.05, 4.69) is 29.8 Å². The number of thioether (sulfide) groups is 1. The molecular formula is C15H28IN3S. The highest BCUT2D eigenvalue weighted by Crippen LogP contribution is 2.34. The van der Waals surface area contributed by atoms with Gasteiger partial charge >= 0.3 is 0 Å². The summed E-state index contributed by atoms with van der Waals surface area (Å²) in [6.07, 6.45) is 7.57. The molecule has 116 valence electrons. The van der Waals surface area contributed by atoms with Gasteiger partial charge < -0.3 is 10.6 Å². The lowest BCUT2D eigenvalue weighted by molar-refractivity contribution is 0.414. The zero-order chi connectivity index (χ0) is 13.7. The summed E-state index contributed by atoms with van der Waals surface area (Å²) >= 11 is 2.00. The van der Waals surface area contributed by atoms with Crippen LogP contribution < -0.4 is 5.73 Å². The monoisotopic (exact) mass is 409 g/mol. The molecule has 0 radical (unpaired) electrons. The Morgan fingerprint density at radius 1 is 1.35 bits per heavy atom. The van der Waals surface area contributed by atoms with E-state index in [-0.39, 0.29) is 29.4 Å². The molecule has 2 rings (SSSR count). The van der Waals surface area contributed by atoms with Gasteiger partial charge in [-0.2, -0.15) is 11.8 Å². The number of allylic oxidation sites excluding steroid dienone is 1. The van der Waals surface area contributed by atoms with Gasteiger partial charge in [-0.3, -0.25) is 4.99 Å². The van der Waals surface area contributed by atoms with E-state index >= 15 is 0 Å². The lowest BCUT2D eigenvalue weighted by Crippen LogP contribution is -2.43.